The minimum atomic E-state index is 0.299. The van der Waals surface area contributed by atoms with E-state index in [1.807, 2.05) is 0 Å². The summed E-state index contributed by atoms with van der Waals surface area (Å²) in [5.41, 5.74) is 1.32. The first-order valence-corrected chi connectivity index (χ1v) is 11.3. The second-order valence-corrected chi connectivity index (χ2v) is 8.47. The zero-order chi connectivity index (χ0) is 20.1. The Bertz CT molecular complexity index is 672. The number of methoxy groups -OCH3 is 1. The summed E-state index contributed by atoms with van der Waals surface area (Å²) in [5, 5.41) is 7.09. The Morgan fingerprint density at radius 2 is 2.00 bits per heavy atom. The van der Waals surface area contributed by atoms with E-state index in [9.17, 15) is 0 Å². The molecular weight excluding hydrogens is 364 g/mol. The number of nitrogens with zero attached hydrogens (tertiary/aromatic N) is 2. The van der Waals surface area contributed by atoms with Gasteiger partial charge in [-0.2, -0.15) is 0 Å². The molecular formula is C23H36N4O2. The molecule has 3 heterocycles. The highest BCUT2D eigenvalue weighted by atomic mass is 16.5. The Kier molecular flexibility index (Phi) is 6.93. The molecule has 1 aromatic rings. The Morgan fingerprint density at radius 1 is 1.21 bits per heavy atom. The third-order valence-corrected chi connectivity index (χ3v) is 6.53. The maximum absolute atomic E-state index is 6.01. The van der Waals surface area contributed by atoms with Gasteiger partial charge >= 0.3 is 0 Å². The van der Waals surface area contributed by atoms with Gasteiger partial charge in [0.1, 0.15) is 5.75 Å². The SMILES string of the molecule is CCNC(=NCC(c1ccc(OC)cc1)N1CCCCC1)NC1CC2CCC1O2. The predicted octanol–water partition coefficient (Wildman–Crippen LogP) is 3.10. The van der Waals surface area contributed by atoms with E-state index in [4.69, 9.17) is 14.5 Å². The van der Waals surface area contributed by atoms with Crippen molar-refractivity contribution in [2.75, 3.05) is 33.3 Å². The maximum Gasteiger partial charge on any atom is 0.191 e. The molecule has 0 amide bonds. The summed E-state index contributed by atoms with van der Waals surface area (Å²) >= 11 is 0. The molecule has 6 nitrogen and oxygen atoms in total. The van der Waals surface area contributed by atoms with Crippen molar-refractivity contribution in [1.29, 1.82) is 0 Å². The van der Waals surface area contributed by atoms with E-state index in [1.165, 1.54) is 37.7 Å². The molecule has 4 rings (SSSR count). The minimum absolute atomic E-state index is 0.299. The van der Waals surface area contributed by atoms with E-state index in [0.29, 0.717) is 24.3 Å². The zero-order valence-corrected chi connectivity index (χ0v) is 17.9. The normalized spacial score (nSPS) is 28.3. The summed E-state index contributed by atoms with van der Waals surface area (Å²) in [6.07, 6.45) is 8.17. The van der Waals surface area contributed by atoms with Gasteiger partial charge in [-0.15, -0.1) is 0 Å². The van der Waals surface area contributed by atoms with Crippen molar-refractivity contribution in [3.8, 4) is 5.75 Å². The van der Waals surface area contributed by atoms with Gasteiger partial charge in [-0.3, -0.25) is 9.89 Å². The van der Waals surface area contributed by atoms with Crippen molar-refractivity contribution in [1.82, 2.24) is 15.5 Å². The van der Waals surface area contributed by atoms with Gasteiger partial charge in [0.05, 0.1) is 37.9 Å². The van der Waals surface area contributed by atoms with Crippen LogP contribution in [0.2, 0.25) is 0 Å². The lowest BCUT2D eigenvalue weighted by molar-refractivity contribution is 0.0992. The van der Waals surface area contributed by atoms with Gasteiger partial charge in [0.25, 0.3) is 0 Å². The first-order valence-electron chi connectivity index (χ1n) is 11.3. The highest BCUT2D eigenvalue weighted by Gasteiger charge is 2.41. The van der Waals surface area contributed by atoms with Crippen LogP contribution in [0.15, 0.2) is 29.3 Å². The molecule has 0 radical (unpaired) electrons. The molecule has 4 atom stereocenters. The Labute approximate surface area is 175 Å². The third kappa shape index (κ3) is 5.04. The maximum atomic E-state index is 6.01. The predicted molar refractivity (Wildman–Crippen MR) is 117 cm³/mol. The second-order valence-electron chi connectivity index (χ2n) is 8.47. The lowest BCUT2D eigenvalue weighted by Crippen LogP contribution is -2.47. The molecule has 0 spiro atoms. The fourth-order valence-corrected chi connectivity index (χ4v) is 4.95. The van der Waals surface area contributed by atoms with E-state index >= 15 is 0 Å². The minimum Gasteiger partial charge on any atom is -0.497 e. The number of piperidine rings is 1. The van der Waals surface area contributed by atoms with Crippen LogP contribution in [0.1, 0.15) is 57.1 Å². The standard InChI is InChI=1S/C23H36N4O2/c1-3-24-23(26-20-15-19-11-12-22(20)29-19)25-16-21(27-13-5-4-6-14-27)17-7-9-18(28-2)10-8-17/h7-10,19-22H,3-6,11-16H2,1-2H3,(H2,24,25,26). The third-order valence-electron chi connectivity index (χ3n) is 6.53. The number of guanidine groups is 1. The summed E-state index contributed by atoms with van der Waals surface area (Å²) in [4.78, 5) is 7.62. The quantitative estimate of drug-likeness (QED) is 0.544. The average Bonchev–Trinajstić information content (AvgIpc) is 3.38. The number of hydrogen-bond acceptors (Lipinski definition) is 4. The first kappa shape index (κ1) is 20.5. The highest BCUT2D eigenvalue weighted by molar-refractivity contribution is 5.80. The van der Waals surface area contributed by atoms with E-state index in [0.717, 1.165) is 44.3 Å². The van der Waals surface area contributed by atoms with Crippen LogP contribution < -0.4 is 15.4 Å². The van der Waals surface area contributed by atoms with Gasteiger partial charge in [-0.05, 0) is 69.8 Å². The molecule has 3 aliphatic heterocycles. The highest BCUT2D eigenvalue weighted by Crippen LogP contribution is 2.34. The topological polar surface area (TPSA) is 58.1 Å². The fourth-order valence-electron chi connectivity index (χ4n) is 4.95. The number of benzene rings is 1. The van der Waals surface area contributed by atoms with Crippen LogP contribution in [0.5, 0.6) is 5.75 Å². The molecule has 160 valence electrons. The molecule has 3 saturated heterocycles. The molecule has 1 aromatic carbocycles. The monoisotopic (exact) mass is 400 g/mol. The lowest BCUT2D eigenvalue weighted by atomic mass is 9.96. The summed E-state index contributed by atoms with van der Waals surface area (Å²) in [7, 11) is 1.72. The van der Waals surface area contributed by atoms with Crippen LogP contribution in [0.4, 0.5) is 0 Å². The zero-order valence-electron chi connectivity index (χ0n) is 17.9. The molecule has 3 fully saturated rings. The lowest BCUT2D eigenvalue weighted by Gasteiger charge is -2.34. The molecule has 6 heteroatoms. The first-order chi connectivity index (χ1) is 14.3. The number of rotatable bonds is 7. The average molecular weight is 401 g/mol. The smallest absolute Gasteiger partial charge is 0.191 e. The van der Waals surface area contributed by atoms with E-state index in [1.54, 1.807) is 7.11 Å². The van der Waals surface area contributed by atoms with Crippen molar-refractivity contribution in [2.24, 2.45) is 4.99 Å². The number of aliphatic imine (C=N–C) groups is 1. The van der Waals surface area contributed by atoms with Crippen molar-refractivity contribution < 1.29 is 9.47 Å². The molecule has 0 saturated carbocycles. The number of hydrogen-bond donors (Lipinski definition) is 2. The number of fused-ring (bicyclic) bond motifs is 2. The summed E-state index contributed by atoms with van der Waals surface area (Å²) in [6.45, 7) is 6.04. The summed E-state index contributed by atoms with van der Waals surface area (Å²) < 4.78 is 11.4. The summed E-state index contributed by atoms with van der Waals surface area (Å²) in [5.74, 6) is 1.82. The van der Waals surface area contributed by atoms with E-state index < -0.39 is 0 Å². The van der Waals surface area contributed by atoms with Crippen molar-refractivity contribution in [2.45, 2.75) is 69.7 Å². The van der Waals surface area contributed by atoms with Gasteiger partial charge < -0.3 is 20.1 Å². The van der Waals surface area contributed by atoms with Crippen LogP contribution in [0.3, 0.4) is 0 Å². The van der Waals surface area contributed by atoms with Crippen molar-refractivity contribution in [3.05, 3.63) is 29.8 Å². The van der Waals surface area contributed by atoms with Crippen LogP contribution in [0, 0.1) is 0 Å². The van der Waals surface area contributed by atoms with Crippen molar-refractivity contribution >= 4 is 5.96 Å². The molecule has 29 heavy (non-hydrogen) atoms. The van der Waals surface area contributed by atoms with Gasteiger partial charge in [-0.1, -0.05) is 18.6 Å². The molecule has 4 unspecified atom stereocenters. The molecule has 2 bridgehead atoms. The molecule has 0 aromatic heterocycles. The van der Waals surface area contributed by atoms with Crippen molar-refractivity contribution in [3.63, 3.8) is 0 Å². The van der Waals surface area contributed by atoms with Gasteiger partial charge in [0.15, 0.2) is 5.96 Å². The number of likely N-dealkylation sites (tertiary alicyclic amines) is 1. The Morgan fingerprint density at radius 3 is 2.62 bits per heavy atom. The molecule has 3 aliphatic rings. The van der Waals surface area contributed by atoms with Gasteiger partial charge in [-0.25, -0.2) is 0 Å². The van der Waals surface area contributed by atoms with E-state index in [-0.39, 0.29) is 0 Å². The molecule has 0 aliphatic carbocycles. The second kappa shape index (κ2) is 9.81. The van der Waals surface area contributed by atoms with E-state index in [2.05, 4.69) is 46.7 Å². The van der Waals surface area contributed by atoms with Crippen LogP contribution >= 0.6 is 0 Å². The van der Waals surface area contributed by atoms with Crippen LogP contribution in [0.25, 0.3) is 0 Å². The molecule has 2 N–H and O–H groups in total. The van der Waals surface area contributed by atoms with Gasteiger partial charge in [0.2, 0.25) is 0 Å². The van der Waals surface area contributed by atoms with Crippen LogP contribution in [-0.4, -0.2) is 62.4 Å². The number of nitrogens with one attached hydrogen (secondary N) is 2. The Hall–Kier alpha value is -1.79. The van der Waals surface area contributed by atoms with Gasteiger partial charge in [0, 0.05) is 6.54 Å². The number of ether oxygens (including phenoxy) is 2. The summed E-state index contributed by atoms with van der Waals surface area (Å²) in [6, 6.07) is 9.20. The fraction of sp³-hybridized carbons (Fsp3) is 0.696. The Balaban J connectivity index is 1.47. The van der Waals surface area contributed by atoms with Crippen LogP contribution in [-0.2, 0) is 4.74 Å². The largest absolute Gasteiger partial charge is 0.497 e.